The highest BCUT2D eigenvalue weighted by molar-refractivity contribution is 6.18. The van der Waals surface area contributed by atoms with Crippen LogP contribution in [0.2, 0.25) is 0 Å². The van der Waals surface area contributed by atoms with Crippen molar-refractivity contribution < 1.29 is 10.0 Å². The predicted octanol–water partition coefficient (Wildman–Crippen LogP) is 1.32. The van der Waals surface area contributed by atoms with Crippen LogP contribution in [0.1, 0.15) is 17.2 Å². The molecule has 1 aromatic rings. The first-order chi connectivity index (χ1) is 7.51. The second-order valence-electron chi connectivity index (χ2n) is 3.04. The molecular weight excluding hydrogens is 234 g/mol. The number of rotatable bonds is 3. The van der Waals surface area contributed by atoms with Crippen LogP contribution in [0.15, 0.2) is 12.1 Å². The highest BCUT2D eigenvalue weighted by Gasteiger charge is 2.19. The number of benzene rings is 1. The lowest BCUT2D eigenvalue weighted by atomic mass is 10.0. The van der Waals surface area contributed by atoms with Crippen LogP contribution in [0.3, 0.4) is 0 Å². The molecule has 84 valence electrons. The predicted molar refractivity (Wildman–Crippen MR) is 57.9 cm³/mol. The topological polar surface area (TPSA) is 113 Å². The van der Waals surface area contributed by atoms with E-state index in [1.807, 2.05) is 0 Å². The number of anilines is 1. The van der Waals surface area contributed by atoms with Crippen molar-refractivity contribution in [3.8, 4) is 6.07 Å². The number of hydrogen-bond donors (Lipinski definition) is 2. The number of nitrogens with zero attached hydrogens (tertiary/aromatic N) is 2. The molecule has 0 aliphatic heterocycles. The Balaban J connectivity index is 3.41. The number of nitro groups is 1. The van der Waals surface area contributed by atoms with Gasteiger partial charge in [0.05, 0.1) is 22.5 Å². The summed E-state index contributed by atoms with van der Waals surface area (Å²) in [5, 5.41) is 28.8. The molecule has 0 aromatic heterocycles. The first-order valence-corrected chi connectivity index (χ1v) is 4.76. The fourth-order valence-electron chi connectivity index (χ4n) is 1.18. The van der Waals surface area contributed by atoms with Gasteiger partial charge in [-0.2, -0.15) is 5.26 Å². The average Bonchev–Trinajstić information content (AvgIpc) is 2.27. The van der Waals surface area contributed by atoms with E-state index in [1.54, 1.807) is 6.07 Å². The van der Waals surface area contributed by atoms with Gasteiger partial charge in [0.2, 0.25) is 0 Å². The second-order valence-corrected chi connectivity index (χ2v) is 3.35. The average molecular weight is 242 g/mol. The highest BCUT2D eigenvalue weighted by atomic mass is 35.5. The molecule has 0 spiro atoms. The largest absolute Gasteiger partial charge is 0.392 e. The minimum atomic E-state index is -1.06. The molecule has 0 radical (unpaired) electrons. The van der Waals surface area contributed by atoms with Crippen LogP contribution >= 0.6 is 11.6 Å². The molecule has 0 bridgehead atoms. The molecule has 1 unspecified atom stereocenters. The number of nitriles is 1. The third-order valence-electron chi connectivity index (χ3n) is 2.03. The molecular formula is C9H8ClN3O3. The van der Waals surface area contributed by atoms with Crippen molar-refractivity contribution in [3.63, 3.8) is 0 Å². The molecule has 1 aromatic carbocycles. The van der Waals surface area contributed by atoms with Crippen molar-refractivity contribution in [2.45, 2.75) is 6.10 Å². The summed E-state index contributed by atoms with van der Waals surface area (Å²) in [7, 11) is 0. The molecule has 6 nitrogen and oxygen atoms in total. The zero-order chi connectivity index (χ0) is 12.3. The van der Waals surface area contributed by atoms with Gasteiger partial charge in [-0.1, -0.05) is 0 Å². The van der Waals surface area contributed by atoms with E-state index in [-0.39, 0.29) is 22.7 Å². The molecule has 16 heavy (non-hydrogen) atoms. The molecule has 0 amide bonds. The molecule has 1 rings (SSSR count). The number of nitrogens with two attached hydrogens (primary N) is 1. The molecule has 0 aliphatic rings. The van der Waals surface area contributed by atoms with Crippen molar-refractivity contribution >= 4 is 23.0 Å². The van der Waals surface area contributed by atoms with Gasteiger partial charge in [-0.3, -0.25) is 10.1 Å². The van der Waals surface area contributed by atoms with Gasteiger partial charge in [-0.15, -0.1) is 11.6 Å². The van der Waals surface area contributed by atoms with Crippen molar-refractivity contribution in [1.82, 2.24) is 0 Å². The van der Waals surface area contributed by atoms with Crippen LogP contribution in [0.25, 0.3) is 0 Å². The maximum atomic E-state index is 10.7. The van der Waals surface area contributed by atoms with Crippen molar-refractivity contribution in [1.29, 1.82) is 5.26 Å². The summed E-state index contributed by atoms with van der Waals surface area (Å²) >= 11 is 5.42. The first-order valence-electron chi connectivity index (χ1n) is 4.23. The Hall–Kier alpha value is -1.84. The maximum absolute atomic E-state index is 10.7. The number of halogens is 1. The van der Waals surface area contributed by atoms with Crippen LogP contribution in [0.4, 0.5) is 11.4 Å². The van der Waals surface area contributed by atoms with Gasteiger partial charge < -0.3 is 10.8 Å². The van der Waals surface area contributed by atoms with Crippen molar-refractivity contribution in [2.24, 2.45) is 0 Å². The molecule has 1 atom stereocenters. The number of aliphatic hydroxyl groups excluding tert-OH is 1. The lowest BCUT2D eigenvalue weighted by Crippen LogP contribution is -2.04. The summed E-state index contributed by atoms with van der Waals surface area (Å²) in [5.41, 5.74) is 4.97. The van der Waals surface area contributed by atoms with E-state index in [1.165, 1.54) is 6.07 Å². The Morgan fingerprint density at radius 2 is 2.31 bits per heavy atom. The first kappa shape index (κ1) is 12.2. The summed E-state index contributed by atoms with van der Waals surface area (Å²) < 4.78 is 0. The molecule has 3 N–H and O–H groups in total. The van der Waals surface area contributed by atoms with Gasteiger partial charge in [0.25, 0.3) is 5.69 Å². The lowest BCUT2D eigenvalue weighted by molar-refractivity contribution is -0.384. The number of alkyl halides is 1. The quantitative estimate of drug-likeness (QED) is 0.359. The van der Waals surface area contributed by atoms with E-state index >= 15 is 0 Å². The molecule has 0 heterocycles. The monoisotopic (exact) mass is 241 g/mol. The van der Waals surface area contributed by atoms with Gasteiger partial charge in [-0.25, -0.2) is 0 Å². The number of nitro benzene ring substituents is 1. The van der Waals surface area contributed by atoms with Gasteiger partial charge in [0.15, 0.2) is 0 Å². The second kappa shape index (κ2) is 4.79. The maximum Gasteiger partial charge on any atom is 0.293 e. The highest BCUT2D eigenvalue weighted by Crippen LogP contribution is 2.29. The summed E-state index contributed by atoms with van der Waals surface area (Å²) in [5.74, 6) is -0.119. The fourth-order valence-corrected chi connectivity index (χ4v) is 1.36. The van der Waals surface area contributed by atoms with E-state index in [0.717, 1.165) is 6.07 Å². The van der Waals surface area contributed by atoms with E-state index in [2.05, 4.69) is 0 Å². The van der Waals surface area contributed by atoms with Crippen LogP contribution in [-0.4, -0.2) is 15.9 Å². The number of nitrogen functional groups attached to an aromatic ring is 1. The molecule has 7 heteroatoms. The van der Waals surface area contributed by atoms with Crippen LogP contribution in [0, 0.1) is 21.4 Å². The van der Waals surface area contributed by atoms with E-state index in [0.29, 0.717) is 0 Å². The van der Waals surface area contributed by atoms with E-state index in [9.17, 15) is 15.2 Å². The SMILES string of the molecule is N#Cc1cc(C(O)CCl)cc([N+](=O)[O-])c1N. The van der Waals surface area contributed by atoms with Gasteiger partial charge in [-0.05, 0) is 11.6 Å². The Bertz CT molecular complexity index is 470. The smallest absolute Gasteiger partial charge is 0.293 e. The Morgan fingerprint density at radius 3 is 2.75 bits per heavy atom. The Labute approximate surface area is 96.0 Å². The summed E-state index contributed by atoms with van der Waals surface area (Å²) in [6, 6.07) is 4.13. The standard InChI is InChI=1S/C9H8ClN3O3/c10-3-8(14)5-1-6(4-11)9(12)7(2-5)13(15)16/h1-2,8,14H,3,12H2. The van der Waals surface area contributed by atoms with Gasteiger partial charge in [0, 0.05) is 6.07 Å². The number of hydrogen-bond acceptors (Lipinski definition) is 5. The van der Waals surface area contributed by atoms with E-state index < -0.39 is 16.7 Å². The number of aliphatic hydroxyl groups is 1. The van der Waals surface area contributed by atoms with Crippen molar-refractivity contribution in [3.05, 3.63) is 33.4 Å². The summed E-state index contributed by atoms with van der Waals surface area (Å²) in [4.78, 5) is 9.95. The third kappa shape index (κ3) is 2.21. The molecule has 0 fully saturated rings. The van der Waals surface area contributed by atoms with Gasteiger partial charge >= 0.3 is 0 Å². The summed E-state index contributed by atoms with van der Waals surface area (Å²) in [6.07, 6.45) is -1.06. The Kier molecular flexibility index (Phi) is 3.66. The zero-order valence-corrected chi connectivity index (χ0v) is 8.81. The minimum absolute atomic E-state index is 0.0478. The minimum Gasteiger partial charge on any atom is -0.392 e. The normalized spacial score (nSPS) is 11.8. The van der Waals surface area contributed by atoms with Crippen LogP contribution in [0.5, 0.6) is 0 Å². The van der Waals surface area contributed by atoms with Crippen LogP contribution in [-0.2, 0) is 0 Å². The third-order valence-corrected chi connectivity index (χ3v) is 2.32. The van der Waals surface area contributed by atoms with E-state index in [4.69, 9.17) is 22.6 Å². The zero-order valence-electron chi connectivity index (χ0n) is 8.05. The van der Waals surface area contributed by atoms with Crippen LogP contribution < -0.4 is 5.73 Å². The Morgan fingerprint density at radius 1 is 1.69 bits per heavy atom. The summed E-state index contributed by atoms with van der Waals surface area (Å²) in [6.45, 7) is 0. The molecule has 0 saturated carbocycles. The molecule has 0 aliphatic carbocycles. The lowest BCUT2D eigenvalue weighted by Gasteiger charge is -2.08. The fraction of sp³-hybridized carbons (Fsp3) is 0.222. The van der Waals surface area contributed by atoms with Gasteiger partial charge in [0.1, 0.15) is 11.8 Å². The molecule has 0 saturated heterocycles. The van der Waals surface area contributed by atoms with Crippen molar-refractivity contribution in [2.75, 3.05) is 11.6 Å².